The molecule has 1 aliphatic rings. The summed E-state index contributed by atoms with van der Waals surface area (Å²) in [7, 11) is 0. The van der Waals surface area contributed by atoms with Crippen LogP contribution in [0.1, 0.15) is 44.5 Å². The molecule has 0 N–H and O–H groups in total. The van der Waals surface area contributed by atoms with Crippen molar-refractivity contribution >= 4 is 0 Å². The molecule has 86 valence electrons. The minimum absolute atomic E-state index is 0.155. The van der Waals surface area contributed by atoms with Gasteiger partial charge in [0.1, 0.15) is 6.04 Å². The van der Waals surface area contributed by atoms with Crippen molar-refractivity contribution in [2.24, 2.45) is 0 Å². The van der Waals surface area contributed by atoms with Gasteiger partial charge in [-0.05, 0) is 25.9 Å². The van der Waals surface area contributed by atoms with Gasteiger partial charge in [-0.3, -0.25) is 4.90 Å². The summed E-state index contributed by atoms with van der Waals surface area (Å²) in [4.78, 5) is 6.35. The van der Waals surface area contributed by atoms with Gasteiger partial charge in [0.15, 0.2) is 0 Å². The van der Waals surface area contributed by atoms with Crippen LogP contribution in [0.25, 0.3) is 0 Å². The van der Waals surface area contributed by atoms with Crippen molar-refractivity contribution in [3.63, 3.8) is 0 Å². The average Bonchev–Trinajstić information content (AvgIpc) is 3.05. The highest BCUT2D eigenvalue weighted by molar-refractivity contribution is 5.16. The second kappa shape index (κ2) is 4.67. The van der Waals surface area contributed by atoms with Crippen LogP contribution in [0, 0.1) is 11.3 Å². The van der Waals surface area contributed by atoms with E-state index in [9.17, 15) is 5.26 Å². The zero-order valence-electron chi connectivity index (χ0n) is 9.93. The molecule has 1 aliphatic carbocycles. The molecule has 1 unspecified atom stereocenters. The molecule has 16 heavy (non-hydrogen) atoms. The highest BCUT2D eigenvalue weighted by atomic mass is 15.2. The van der Waals surface area contributed by atoms with Crippen molar-refractivity contribution in [3.05, 3.63) is 18.2 Å². The number of hydrogen-bond donors (Lipinski definition) is 0. The molecular formula is C12H18N4. The number of hydrogen-bond acceptors (Lipinski definition) is 3. The molecule has 1 aromatic heterocycles. The molecule has 0 spiro atoms. The smallest absolute Gasteiger partial charge is 0.140 e. The standard InChI is InChI=1S/C12H18N4/c1-3-15(4-2)11(7-13)12-8-14-9-16(12)10-5-6-10/h8-11H,3-6H2,1-2H3. The zero-order valence-corrected chi connectivity index (χ0v) is 9.93. The van der Waals surface area contributed by atoms with E-state index >= 15 is 0 Å². The van der Waals surface area contributed by atoms with Gasteiger partial charge in [-0.25, -0.2) is 4.98 Å². The molecule has 0 aliphatic heterocycles. The lowest BCUT2D eigenvalue weighted by molar-refractivity contribution is 0.254. The molecule has 0 amide bonds. The number of nitrogens with zero attached hydrogens (tertiary/aromatic N) is 4. The van der Waals surface area contributed by atoms with E-state index in [1.807, 2.05) is 12.5 Å². The van der Waals surface area contributed by atoms with E-state index in [4.69, 9.17) is 0 Å². The molecule has 0 radical (unpaired) electrons. The quantitative estimate of drug-likeness (QED) is 0.760. The fourth-order valence-electron chi connectivity index (χ4n) is 2.11. The van der Waals surface area contributed by atoms with Gasteiger partial charge in [0.25, 0.3) is 0 Å². The van der Waals surface area contributed by atoms with E-state index < -0.39 is 0 Å². The third-order valence-electron chi connectivity index (χ3n) is 3.22. The molecule has 1 heterocycles. The van der Waals surface area contributed by atoms with Crippen LogP contribution in [-0.4, -0.2) is 27.5 Å². The van der Waals surface area contributed by atoms with Crippen LogP contribution >= 0.6 is 0 Å². The maximum Gasteiger partial charge on any atom is 0.140 e. The number of imidazole rings is 1. The summed E-state index contributed by atoms with van der Waals surface area (Å²) in [5.41, 5.74) is 1.05. The van der Waals surface area contributed by atoms with E-state index in [1.54, 1.807) is 0 Å². The number of nitriles is 1. The maximum atomic E-state index is 9.32. The first-order valence-electron chi connectivity index (χ1n) is 5.97. The van der Waals surface area contributed by atoms with Gasteiger partial charge in [-0.1, -0.05) is 13.8 Å². The normalized spacial score (nSPS) is 17.4. The Labute approximate surface area is 96.5 Å². The first-order chi connectivity index (χ1) is 7.81. The summed E-state index contributed by atoms with van der Waals surface area (Å²) in [5.74, 6) is 0. The summed E-state index contributed by atoms with van der Waals surface area (Å²) in [6.07, 6.45) is 6.14. The molecule has 4 nitrogen and oxygen atoms in total. The van der Waals surface area contributed by atoms with Crippen molar-refractivity contribution in [2.75, 3.05) is 13.1 Å². The summed E-state index contributed by atoms with van der Waals surface area (Å²) in [6, 6.07) is 2.83. The number of rotatable bonds is 5. The minimum atomic E-state index is -0.155. The first kappa shape index (κ1) is 11.2. The van der Waals surface area contributed by atoms with Crippen molar-refractivity contribution < 1.29 is 0 Å². The summed E-state index contributed by atoms with van der Waals surface area (Å²) in [5, 5.41) is 9.32. The molecule has 0 aromatic carbocycles. The van der Waals surface area contributed by atoms with Crippen molar-refractivity contribution in [1.82, 2.24) is 14.5 Å². The lowest BCUT2D eigenvalue weighted by Crippen LogP contribution is -2.28. The predicted octanol–water partition coefficient (Wildman–Crippen LogP) is 2.12. The van der Waals surface area contributed by atoms with Crippen LogP contribution in [0.2, 0.25) is 0 Å². The van der Waals surface area contributed by atoms with Crippen LogP contribution in [-0.2, 0) is 0 Å². The molecule has 1 fully saturated rings. The third kappa shape index (κ3) is 1.96. The van der Waals surface area contributed by atoms with Crippen LogP contribution in [0.15, 0.2) is 12.5 Å². The van der Waals surface area contributed by atoms with Crippen molar-refractivity contribution in [3.8, 4) is 6.07 Å². The third-order valence-corrected chi connectivity index (χ3v) is 3.22. The Morgan fingerprint density at radius 1 is 1.56 bits per heavy atom. The maximum absolute atomic E-state index is 9.32. The minimum Gasteiger partial charge on any atom is -0.329 e. The lowest BCUT2D eigenvalue weighted by Gasteiger charge is -2.24. The molecule has 0 saturated heterocycles. The van der Waals surface area contributed by atoms with Gasteiger partial charge in [0, 0.05) is 6.04 Å². The first-order valence-corrected chi connectivity index (χ1v) is 5.97. The van der Waals surface area contributed by atoms with Crippen molar-refractivity contribution in [1.29, 1.82) is 5.26 Å². The average molecular weight is 218 g/mol. The second-order valence-electron chi connectivity index (χ2n) is 4.21. The van der Waals surface area contributed by atoms with Gasteiger partial charge in [0.05, 0.1) is 24.3 Å². The molecule has 1 atom stereocenters. The highest BCUT2D eigenvalue weighted by Gasteiger charge is 2.29. The summed E-state index contributed by atoms with van der Waals surface area (Å²) >= 11 is 0. The molecule has 4 heteroatoms. The van der Waals surface area contributed by atoms with Gasteiger partial charge in [-0.15, -0.1) is 0 Å². The Morgan fingerprint density at radius 3 is 2.75 bits per heavy atom. The van der Waals surface area contributed by atoms with Crippen molar-refractivity contribution in [2.45, 2.75) is 38.8 Å². The van der Waals surface area contributed by atoms with Crippen LogP contribution in [0.4, 0.5) is 0 Å². The molecular weight excluding hydrogens is 200 g/mol. The number of aromatic nitrogens is 2. The van der Waals surface area contributed by atoms with Gasteiger partial charge in [-0.2, -0.15) is 5.26 Å². The molecule has 1 aromatic rings. The largest absolute Gasteiger partial charge is 0.329 e. The van der Waals surface area contributed by atoms with Crippen LogP contribution in [0.3, 0.4) is 0 Å². The fourth-order valence-corrected chi connectivity index (χ4v) is 2.11. The topological polar surface area (TPSA) is 44.9 Å². The summed E-state index contributed by atoms with van der Waals surface area (Å²) < 4.78 is 2.17. The Bertz CT molecular complexity index is 382. The SMILES string of the molecule is CCN(CC)C(C#N)c1cncn1C1CC1. The molecule has 1 saturated carbocycles. The lowest BCUT2D eigenvalue weighted by atomic mass is 10.2. The Balaban J connectivity index is 2.25. The second-order valence-corrected chi connectivity index (χ2v) is 4.21. The highest BCUT2D eigenvalue weighted by Crippen LogP contribution is 2.37. The van der Waals surface area contributed by atoms with Crippen LogP contribution in [0.5, 0.6) is 0 Å². The Morgan fingerprint density at radius 2 is 2.25 bits per heavy atom. The van der Waals surface area contributed by atoms with E-state index in [1.165, 1.54) is 12.8 Å². The predicted molar refractivity (Wildman–Crippen MR) is 61.8 cm³/mol. The molecule has 0 bridgehead atoms. The van der Waals surface area contributed by atoms with E-state index in [0.29, 0.717) is 6.04 Å². The van der Waals surface area contributed by atoms with Gasteiger partial charge < -0.3 is 4.57 Å². The Hall–Kier alpha value is -1.34. The van der Waals surface area contributed by atoms with E-state index in [0.717, 1.165) is 18.8 Å². The van der Waals surface area contributed by atoms with Gasteiger partial charge >= 0.3 is 0 Å². The fraction of sp³-hybridized carbons (Fsp3) is 0.667. The van der Waals surface area contributed by atoms with E-state index in [2.05, 4.69) is 34.4 Å². The zero-order chi connectivity index (χ0) is 11.5. The molecule has 2 rings (SSSR count). The Kier molecular flexibility index (Phi) is 3.25. The summed E-state index contributed by atoms with van der Waals surface area (Å²) in [6.45, 7) is 5.96. The van der Waals surface area contributed by atoms with E-state index in [-0.39, 0.29) is 6.04 Å². The van der Waals surface area contributed by atoms with Crippen LogP contribution < -0.4 is 0 Å². The van der Waals surface area contributed by atoms with Gasteiger partial charge in [0.2, 0.25) is 0 Å². The monoisotopic (exact) mass is 218 g/mol.